The van der Waals surface area contributed by atoms with Crippen LogP contribution in [0.2, 0.25) is 0 Å². The van der Waals surface area contributed by atoms with Crippen molar-refractivity contribution in [2.24, 2.45) is 0 Å². The van der Waals surface area contributed by atoms with Gasteiger partial charge in [-0.25, -0.2) is 9.36 Å². The Balaban J connectivity index is 2.83. The van der Waals surface area contributed by atoms with Gasteiger partial charge in [0.25, 0.3) is 0 Å². The topological polar surface area (TPSA) is 31.2 Å². The first-order valence-electron chi connectivity index (χ1n) is 4.19. The van der Waals surface area contributed by atoms with Crippen LogP contribution >= 0.6 is 31.9 Å². The number of carbonyl (C=O) groups excluding carboxylic acids is 1. The summed E-state index contributed by atoms with van der Waals surface area (Å²) in [6.07, 6.45) is -0.413. The number of hydrogen-bond donors (Lipinski definition) is 0. The van der Waals surface area contributed by atoms with Crippen molar-refractivity contribution in [2.45, 2.75) is 0 Å². The first kappa shape index (κ1) is 10.7. The Kier molecular flexibility index (Phi) is 2.84. The molecule has 0 radical (unpaired) electrons. The molecule has 3 nitrogen and oxygen atoms in total. The number of methoxy groups -OCH3 is 1. The molecule has 0 aliphatic carbocycles. The van der Waals surface area contributed by atoms with Crippen LogP contribution in [-0.2, 0) is 4.74 Å². The highest BCUT2D eigenvalue weighted by Gasteiger charge is 2.17. The minimum absolute atomic E-state index is 0.413. The summed E-state index contributed by atoms with van der Waals surface area (Å²) in [5, 5.41) is 0.967. The molecule has 2 aromatic rings. The van der Waals surface area contributed by atoms with Crippen molar-refractivity contribution in [1.29, 1.82) is 0 Å². The number of ether oxygens (including phenoxy) is 1. The lowest BCUT2D eigenvalue weighted by Gasteiger charge is -2.02. The lowest BCUT2D eigenvalue weighted by molar-refractivity contribution is 0.173. The standard InChI is InChI=1S/C10H7Br2NO2/c1-15-10(14)13-7-5-3-2-4-6(7)8(11)9(13)12/h2-5H,1H3. The average molecular weight is 333 g/mol. The van der Waals surface area contributed by atoms with Gasteiger partial charge in [0.05, 0.1) is 17.1 Å². The van der Waals surface area contributed by atoms with E-state index in [2.05, 4.69) is 31.9 Å². The summed E-state index contributed by atoms with van der Waals surface area (Å²) in [4.78, 5) is 11.6. The summed E-state index contributed by atoms with van der Waals surface area (Å²) in [7, 11) is 1.36. The molecule has 0 saturated carbocycles. The first-order chi connectivity index (χ1) is 7.16. The van der Waals surface area contributed by atoms with Crippen molar-refractivity contribution in [3.05, 3.63) is 33.3 Å². The van der Waals surface area contributed by atoms with E-state index in [1.807, 2.05) is 24.3 Å². The van der Waals surface area contributed by atoms with Gasteiger partial charge in [-0.2, -0.15) is 0 Å². The number of hydrogen-bond acceptors (Lipinski definition) is 2. The SMILES string of the molecule is COC(=O)n1c(Br)c(Br)c2ccccc21. The predicted octanol–water partition coefficient (Wildman–Crippen LogP) is 3.78. The Bertz CT molecular complexity index is 533. The molecule has 0 amide bonds. The molecular formula is C10H7Br2NO2. The normalized spacial score (nSPS) is 10.6. The number of benzene rings is 1. The van der Waals surface area contributed by atoms with Gasteiger partial charge in [-0.15, -0.1) is 0 Å². The maximum absolute atomic E-state index is 11.6. The van der Waals surface area contributed by atoms with Gasteiger partial charge in [0, 0.05) is 5.39 Å². The summed E-state index contributed by atoms with van der Waals surface area (Å²) >= 11 is 6.77. The van der Waals surface area contributed by atoms with Crippen molar-refractivity contribution in [2.75, 3.05) is 7.11 Å². The van der Waals surface area contributed by atoms with E-state index in [0.717, 1.165) is 15.4 Å². The van der Waals surface area contributed by atoms with Crippen LogP contribution in [0.4, 0.5) is 4.79 Å². The second-order valence-electron chi connectivity index (χ2n) is 2.93. The molecule has 0 atom stereocenters. The summed E-state index contributed by atoms with van der Waals surface area (Å²) in [6.45, 7) is 0. The van der Waals surface area contributed by atoms with Gasteiger partial charge in [0.1, 0.15) is 4.60 Å². The van der Waals surface area contributed by atoms with Gasteiger partial charge in [-0.05, 0) is 37.9 Å². The highest BCUT2D eigenvalue weighted by molar-refractivity contribution is 9.13. The Morgan fingerprint density at radius 2 is 2.00 bits per heavy atom. The second-order valence-corrected chi connectivity index (χ2v) is 4.47. The van der Waals surface area contributed by atoms with Crippen molar-refractivity contribution in [3.8, 4) is 0 Å². The molecule has 5 heteroatoms. The van der Waals surface area contributed by atoms with Crippen LogP contribution in [-0.4, -0.2) is 17.8 Å². The molecule has 0 N–H and O–H groups in total. The van der Waals surface area contributed by atoms with E-state index >= 15 is 0 Å². The predicted molar refractivity (Wildman–Crippen MR) is 65.1 cm³/mol. The fourth-order valence-corrected chi connectivity index (χ4v) is 2.50. The van der Waals surface area contributed by atoms with Crippen molar-refractivity contribution < 1.29 is 9.53 Å². The molecule has 2 rings (SSSR count). The average Bonchev–Trinajstić information content (AvgIpc) is 2.52. The molecule has 1 aromatic heterocycles. The second kappa shape index (κ2) is 3.98. The zero-order valence-corrected chi connectivity index (χ0v) is 11.0. The van der Waals surface area contributed by atoms with Crippen LogP contribution < -0.4 is 0 Å². The van der Waals surface area contributed by atoms with Gasteiger partial charge in [0.2, 0.25) is 0 Å². The molecule has 1 heterocycles. The quantitative estimate of drug-likeness (QED) is 0.735. The molecule has 15 heavy (non-hydrogen) atoms. The Labute approximate surface area is 103 Å². The first-order valence-corrected chi connectivity index (χ1v) is 5.78. The number of rotatable bonds is 0. The largest absolute Gasteiger partial charge is 0.452 e. The van der Waals surface area contributed by atoms with Crippen LogP contribution in [0.5, 0.6) is 0 Å². The number of para-hydroxylation sites is 1. The summed E-state index contributed by atoms with van der Waals surface area (Å²) in [5.74, 6) is 0. The van der Waals surface area contributed by atoms with E-state index in [1.165, 1.54) is 11.7 Å². The molecule has 78 valence electrons. The third-order valence-corrected chi connectivity index (χ3v) is 4.20. The minimum Gasteiger partial charge on any atom is -0.452 e. The fraction of sp³-hybridized carbons (Fsp3) is 0.100. The molecule has 1 aromatic carbocycles. The molecule has 0 saturated heterocycles. The van der Waals surface area contributed by atoms with E-state index < -0.39 is 6.09 Å². The highest BCUT2D eigenvalue weighted by atomic mass is 79.9. The molecule has 0 bridgehead atoms. The minimum atomic E-state index is -0.413. The zero-order chi connectivity index (χ0) is 11.0. The van der Waals surface area contributed by atoms with E-state index in [0.29, 0.717) is 4.60 Å². The van der Waals surface area contributed by atoms with Gasteiger partial charge in [-0.1, -0.05) is 18.2 Å². The molecule has 0 spiro atoms. The maximum Gasteiger partial charge on any atom is 0.419 e. The molecule has 0 aliphatic rings. The van der Waals surface area contributed by atoms with Crippen molar-refractivity contribution in [1.82, 2.24) is 4.57 Å². The zero-order valence-electron chi connectivity index (χ0n) is 7.83. The van der Waals surface area contributed by atoms with Crippen molar-refractivity contribution >= 4 is 48.9 Å². The van der Waals surface area contributed by atoms with Crippen LogP contribution in [0.3, 0.4) is 0 Å². The summed E-state index contributed by atoms with van der Waals surface area (Å²) in [5.41, 5.74) is 0.808. The van der Waals surface area contributed by atoms with Crippen LogP contribution in [0.1, 0.15) is 0 Å². The number of nitrogens with zero attached hydrogens (tertiary/aromatic N) is 1. The Morgan fingerprint density at radius 3 is 2.67 bits per heavy atom. The third-order valence-electron chi connectivity index (χ3n) is 2.12. The monoisotopic (exact) mass is 331 g/mol. The Hall–Kier alpha value is -0.810. The molecule has 0 fully saturated rings. The van der Waals surface area contributed by atoms with E-state index in [1.54, 1.807) is 0 Å². The van der Waals surface area contributed by atoms with Gasteiger partial charge >= 0.3 is 6.09 Å². The number of carbonyl (C=O) groups is 1. The molecule has 0 aliphatic heterocycles. The smallest absolute Gasteiger partial charge is 0.419 e. The fourth-order valence-electron chi connectivity index (χ4n) is 1.44. The summed E-state index contributed by atoms with van der Waals surface area (Å²) < 4.78 is 7.70. The van der Waals surface area contributed by atoms with Crippen LogP contribution in [0, 0.1) is 0 Å². The van der Waals surface area contributed by atoms with Crippen LogP contribution in [0.15, 0.2) is 33.3 Å². The van der Waals surface area contributed by atoms with Gasteiger partial charge in [0.15, 0.2) is 0 Å². The van der Waals surface area contributed by atoms with E-state index in [-0.39, 0.29) is 0 Å². The summed E-state index contributed by atoms with van der Waals surface area (Å²) in [6, 6.07) is 7.59. The number of halogens is 2. The third kappa shape index (κ3) is 1.59. The Morgan fingerprint density at radius 1 is 1.33 bits per heavy atom. The van der Waals surface area contributed by atoms with Gasteiger partial charge < -0.3 is 4.74 Å². The van der Waals surface area contributed by atoms with E-state index in [9.17, 15) is 4.79 Å². The maximum atomic E-state index is 11.6. The lowest BCUT2D eigenvalue weighted by Crippen LogP contribution is -2.10. The molecule has 0 unspecified atom stereocenters. The number of fused-ring (bicyclic) bond motifs is 1. The van der Waals surface area contributed by atoms with Crippen LogP contribution in [0.25, 0.3) is 10.9 Å². The van der Waals surface area contributed by atoms with E-state index in [4.69, 9.17) is 4.74 Å². The highest BCUT2D eigenvalue weighted by Crippen LogP contribution is 2.34. The lowest BCUT2D eigenvalue weighted by atomic mass is 10.2. The molecular weight excluding hydrogens is 326 g/mol. The number of aromatic nitrogens is 1. The van der Waals surface area contributed by atoms with Gasteiger partial charge in [-0.3, -0.25) is 0 Å². The van der Waals surface area contributed by atoms with Crippen molar-refractivity contribution in [3.63, 3.8) is 0 Å².